The average molecular weight is 238 g/mol. The second-order valence-electron chi connectivity index (χ2n) is 5.08. The summed E-state index contributed by atoms with van der Waals surface area (Å²) in [5.74, 6) is 1.75. The maximum Gasteiger partial charge on any atom is 0.134 e. The first-order valence-electron chi connectivity index (χ1n) is 5.93. The Morgan fingerprint density at radius 2 is 1.88 bits per heavy atom. The van der Waals surface area contributed by atoms with Crippen LogP contribution >= 0.6 is 11.6 Å². The van der Waals surface area contributed by atoms with E-state index < -0.39 is 0 Å². The molecule has 0 unspecified atom stereocenters. The molecule has 1 saturated carbocycles. The van der Waals surface area contributed by atoms with Gasteiger partial charge in [-0.05, 0) is 38.0 Å². The standard InChI is InChI=1S/C12H16ClN3/c1-9-14-10(13)8-11(15-9)16-6-4-12(2-3-12)5-7-16/h8H,2-7H2,1H3. The molecule has 1 aliphatic carbocycles. The Morgan fingerprint density at radius 3 is 2.44 bits per heavy atom. The number of rotatable bonds is 1. The van der Waals surface area contributed by atoms with E-state index in [9.17, 15) is 0 Å². The molecule has 0 N–H and O–H groups in total. The van der Waals surface area contributed by atoms with Crippen LogP contribution in [0.15, 0.2) is 6.07 Å². The molecule has 2 heterocycles. The minimum absolute atomic E-state index is 0.550. The Balaban J connectivity index is 1.77. The molecular formula is C12H16ClN3. The molecule has 1 spiro atoms. The zero-order valence-electron chi connectivity index (χ0n) is 9.54. The van der Waals surface area contributed by atoms with Crippen LogP contribution < -0.4 is 4.90 Å². The first-order chi connectivity index (χ1) is 7.67. The zero-order chi connectivity index (χ0) is 11.2. The lowest BCUT2D eigenvalue weighted by Crippen LogP contribution is -2.35. The fraction of sp³-hybridized carbons (Fsp3) is 0.667. The van der Waals surface area contributed by atoms with Gasteiger partial charge in [-0.25, -0.2) is 9.97 Å². The maximum absolute atomic E-state index is 5.96. The molecule has 1 aromatic heterocycles. The van der Waals surface area contributed by atoms with Crippen molar-refractivity contribution in [2.24, 2.45) is 5.41 Å². The van der Waals surface area contributed by atoms with E-state index in [1.807, 2.05) is 13.0 Å². The molecule has 3 nitrogen and oxygen atoms in total. The van der Waals surface area contributed by atoms with Crippen molar-refractivity contribution in [3.05, 3.63) is 17.0 Å². The first kappa shape index (κ1) is 10.3. The van der Waals surface area contributed by atoms with Gasteiger partial charge < -0.3 is 4.90 Å². The maximum atomic E-state index is 5.96. The lowest BCUT2D eigenvalue weighted by molar-refractivity contribution is 0.383. The lowest BCUT2D eigenvalue weighted by Gasteiger charge is -2.33. The Hall–Kier alpha value is -0.830. The molecule has 2 fully saturated rings. The molecule has 86 valence electrons. The van der Waals surface area contributed by atoms with Crippen molar-refractivity contribution in [3.63, 3.8) is 0 Å². The highest BCUT2D eigenvalue weighted by Crippen LogP contribution is 2.53. The summed E-state index contributed by atoms with van der Waals surface area (Å²) in [5.41, 5.74) is 0.711. The van der Waals surface area contributed by atoms with E-state index in [1.54, 1.807) is 0 Å². The highest BCUT2D eigenvalue weighted by Gasteiger charge is 2.44. The number of piperidine rings is 1. The van der Waals surface area contributed by atoms with E-state index >= 15 is 0 Å². The van der Waals surface area contributed by atoms with Crippen LogP contribution in [0.4, 0.5) is 5.82 Å². The molecule has 3 rings (SSSR count). The number of aryl methyl sites for hydroxylation is 1. The van der Waals surface area contributed by atoms with Crippen molar-refractivity contribution >= 4 is 17.4 Å². The number of halogens is 1. The van der Waals surface area contributed by atoms with E-state index in [0.29, 0.717) is 10.6 Å². The van der Waals surface area contributed by atoms with Gasteiger partial charge in [0.05, 0.1) is 0 Å². The summed E-state index contributed by atoms with van der Waals surface area (Å²) in [6.45, 7) is 4.13. The van der Waals surface area contributed by atoms with Crippen molar-refractivity contribution < 1.29 is 0 Å². The lowest BCUT2D eigenvalue weighted by atomic mass is 9.94. The molecule has 1 aromatic rings. The van der Waals surface area contributed by atoms with Crippen LogP contribution in [0, 0.1) is 12.3 Å². The highest BCUT2D eigenvalue weighted by atomic mass is 35.5. The Labute approximate surface area is 101 Å². The molecule has 4 heteroatoms. The van der Waals surface area contributed by atoms with Gasteiger partial charge in [0.25, 0.3) is 0 Å². The molecule has 0 atom stereocenters. The van der Waals surface area contributed by atoms with Crippen molar-refractivity contribution in [2.45, 2.75) is 32.6 Å². The largest absolute Gasteiger partial charge is 0.356 e. The van der Waals surface area contributed by atoms with E-state index in [4.69, 9.17) is 11.6 Å². The molecule has 16 heavy (non-hydrogen) atoms. The predicted molar refractivity (Wildman–Crippen MR) is 64.9 cm³/mol. The van der Waals surface area contributed by atoms with Gasteiger partial charge in [-0.15, -0.1) is 0 Å². The first-order valence-corrected chi connectivity index (χ1v) is 6.31. The third-order valence-electron chi connectivity index (χ3n) is 3.90. The number of hydrogen-bond donors (Lipinski definition) is 0. The summed E-state index contributed by atoms with van der Waals surface area (Å²) < 4.78 is 0. The Morgan fingerprint density at radius 1 is 1.19 bits per heavy atom. The van der Waals surface area contributed by atoms with Gasteiger partial charge in [0.2, 0.25) is 0 Å². The smallest absolute Gasteiger partial charge is 0.134 e. The zero-order valence-corrected chi connectivity index (χ0v) is 10.3. The van der Waals surface area contributed by atoms with Crippen LogP contribution in [-0.4, -0.2) is 23.1 Å². The quantitative estimate of drug-likeness (QED) is 0.704. The summed E-state index contributed by atoms with van der Waals surface area (Å²) >= 11 is 5.96. The summed E-state index contributed by atoms with van der Waals surface area (Å²) in [6, 6.07) is 1.87. The van der Waals surface area contributed by atoms with Crippen molar-refractivity contribution in [1.82, 2.24) is 9.97 Å². The van der Waals surface area contributed by atoms with E-state index in [0.717, 1.165) is 24.7 Å². The van der Waals surface area contributed by atoms with Gasteiger partial charge in [-0.2, -0.15) is 0 Å². The van der Waals surface area contributed by atoms with Gasteiger partial charge in [0.15, 0.2) is 0 Å². The summed E-state index contributed by atoms with van der Waals surface area (Å²) in [5, 5.41) is 0.550. The number of aromatic nitrogens is 2. The molecule has 0 radical (unpaired) electrons. The van der Waals surface area contributed by atoms with Gasteiger partial charge in [-0.3, -0.25) is 0 Å². The third kappa shape index (κ3) is 1.88. The highest BCUT2D eigenvalue weighted by molar-refractivity contribution is 6.29. The minimum Gasteiger partial charge on any atom is -0.356 e. The van der Waals surface area contributed by atoms with Gasteiger partial charge in [0.1, 0.15) is 16.8 Å². The van der Waals surface area contributed by atoms with E-state index in [2.05, 4.69) is 14.9 Å². The number of hydrogen-bond acceptors (Lipinski definition) is 3. The molecule has 1 saturated heterocycles. The third-order valence-corrected chi connectivity index (χ3v) is 4.09. The number of nitrogens with zero attached hydrogens (tertiary/aromatic N) is 3. The molecule has 2 aliphatic rings. The summed E-state index contributed by atoms with van der Waals surface area (Å²) in [6.07, 6.45) is 5.50. The van der Waals surface area contributed by atoms with Crippen molar-refractivity contribution in [2.75, 3.05) is 18.0 Å². The van der Waals surface area contributed by atoms with Crippen LogP contribution in [0.25, 0.3) is 0 Å². The Bertz CT molecular complexity index is 384. The molecule has 0 aromatic carbocycles. The average Bonchev–Trinajstić information content (AvgIpc) is 2.97. The van der Waals surface area contributed by atoms with Gasteiger partial charge in [0, 0.05) is 19.2 Å². The fourth-order valence-corrected chi connectivity index (χ4v) is 2.79. The summed E-state index contributed by atoms with van der Waals surface area (Å²) in [7, 11) is 0. The molecular weight excluding hydrogens is 222 g/mol. The van der Waals surface area contributed by atoms with Gasteiger partial charge >= 0.3 is 0 Å². The predicted octanol–water partition coefficient (Wildman–Crippen LogP) is 2.82. The normalized spacial score (nSPS) is 22.5. The van der Waals surface area contributed by atoms with Crippen LogP contribution in [-0.2, 0) is 0 Å². The van der Waals surface area contributed by atoms with Crippen molar-refractivity contribution in [3.8, 4) is 0 Å². The van der Waals surface area contributed by atoms with Crippen LogP contribution in [0.5, 0.6) is 0 Å². The second-order valence-corrected chi connectivity index (χ2v) is 5.47. The SMILES string of the molecule is Cc1nc(Cl)cc(N2CCC3(CC2)CC3)n1. The van der Waals surface area contributed by atoms with Gasteiger partial charge in [-0.1, -0.05) is 11.6 Å². The second kappa shape index (κ2) is 3.59. The van der Waals surface area contributed by atoms with Crippen LogP contribution in [0.1, 0.15) is 31.5 Å². The summed E-state index contributed by atoms with van der Waals surface area (Å²) in [4.78, 5) is 10.9. The Kier molecular flexibility index (Phi) is 2.32. The van der Waals surface area contributed by atoms with Crippen LogP contribution in [0.3, 0.4) is 0 Å². The molecule has 0 bridgehead atoms. The van der Waals surface area contributed by atoms with E-state index in [-0.39, 0.29) is 0 Å². The topological polar surface area (TPSA) is 29.0 Å². The fourth-order valence-electron chi connectivity index (χ4n) is 2.57. The van der Waals surface area contributed by atoms with Crippen molar-refractivity contribution in [1.29, 1.82) is 0 Å². The molecule has 0 amide bonds. The van der Waals surface area contributed by atoms with Crippen LogP contribution in [0.2, 0.25) is 5.15 Å². The molecule has 1 aliphatic heterocycles. The monoisotopic (exact) mass is 237 g/mol. The van der Waals surface area contributed by atoms with E-state index in [1.165, 1.54) is 25.7 Å². The minimum atomic E-state index is 0.550. The number of anilines is 1.